The normalized spacial score (nSPS) is 10.9. The van der Waals surface area contributed by atoms with Crippen LogP contribution >= 0.6 is 0 Å². The average molecular weight is 220 g/mol. The predicted octanol–water partition coefficient (Wildman–Crippen LogP) is 1.47. The van der Waals surface area contributed by atoms with Crippen molar-refractivity contribution in [2.45, 2.75) is 27.2 Å². The van der Waals surface area contributed by atoms with E-state index in [1.54, 1.807) is 31.8 Å². The lowest BCUT2D eigenvalue weighted by Gasteiger charge is -2.14. The lowest BCUT2D eigenvalue weighted by molar-refractivity contribution is -0.121. The molecule has 5 nitrogen and oxygen atoms in total. The highest BCUT2D eigenvalue weighted by molar-refractivity contribution is 5.96. The molecule has 1 aromatic heterocycles. The zero-order chi connectivity index (χ0) is 12.3. The zero-order valence-corrected chi connectivity index (χ0v) is 10.0. The summed E-state index contributed by atoms with van der Waals surface area (Å²) < 4.78 is 1.65. The summed E-state index contributed by atoms with van der Waals surface area (Å²) in [6, 6.07) is 1.97. The molecule has 0 atom stereocenters. The Balaban J connectivity index is 2.89. The van der Waals surface area contributed by atoms with Crippen LogP contribution in [0.3, 0.4) is 0 Å². The minimum absolute atomic E-state index is 0.308. The molecule has 86 valence electrons. The van der Waals surface area contributed by atoms with E-state index in [9.17, 15) is 4.79 Å². The fourth-order valence-electron chi connectivity index (χ4n) is 1.23. The molecule has 0 saturated carbocycles. The molecule has 0 bridgehead atoms. The van der Waals surface area contributed by atoms with E-state index in [-0.39, 0.29) is 5.91 Å². The molecule has 1 N–H and O–H groups in total. The molecule has 0 unspecified atom stereocenters. The third-order valence-electron chi connectivity index (χ3n) is 2.34. The molecule has 16 heavy (non-hydrogen) atoms. The van der Waals surface area contributed by atoms with Crippen LogP contribution in [0.2, 0.25) is 0 Å². The maximum absolute atomic E-state index is 11.8. The van der Waals surface area contributed by atoms with Crippen molar-refractivity contribution in [3.63, 3.8) is 0 Å². The number of amides is 1. The van der Waals surface area contributed by atoms with Crippen LogP contribution in [0.4, 0.5) is 5.69 Å². The van der Waals surface area contributed by atoms with Gasteiger partial charge >= 0.3 is 0 Å². The van der Waals surface area contributed by atoms with E-state index in [4.69, 9.17) is 5.26 Å². The van der Waals surface area contributed by atoms with E-state index in [0.29, 0.717) is 5.69 Å². The molecule has 0 aromatic carbocycles. The predicted molar refractivity (Wildman–Crippen MR) is 60.6 cm³/mol. The van der Waals surface area contributed by atoms with Gasteiger partial charge in [-0.15, -0.1) is 0 Å². The lowest BCUT2D eigenvalue weighted by atomic mass is 9.94. The van der Waals surface area contributed by atoms with Crippen LogP contribution in [0.5, 0.6) is 0 Å². The smallest absolute Gasteiger partial charge is 0.244 e. The highest BCUT2D eigenvalue weighted by Crippen LogP contribution is 2.19. The van der Waals surface area contributed by atoms with Gasteiger partial charge in [0.15, 0.2) is 0 Å². The Kier molecular flexibility index (Phi) is 3.33. The SMILES string of the molecule is CCc1nn(C)cc1NC(=O)C(C)(C)C#N. The molecule has 0 aliphatic rings. The fourth-order valence-corrected chi connectivity index (χ4v) is 1.23. The van der Waals surface area contributed by atoms with Crippen LogP contribution < -0.4 is 5.32 Å². The topological polar surface area (TPSA) is 70.7 Å². The molecular formula is C11H16N4O. The molecule has 5 heteroatoms. The second-order valence-corrected chi connectivity index (χ2v) is 4.21. The third-order valence-corrected chi connectivity index (χ3v) is 2.34. The summed E-state index contributed by atoms with van der Waals surface area (Å²) in [4.78, 5) is 11.8. The summed E-state index contributed by atoms with van der Waals surface area (Å²) in [7, 11) is 1.80. The van der Waals surface area contributed by atoms with Gasteiger partial charge in [0.1, 0.15) is 5.41 Å². The van der Waals surface area contributed by atoms with Crippen LogP contribution in [-0.2, 0) is 18.3 Å². The first kappa shape index (κ1) is 12.2. The number of hydrogen-bond acceptors (Lipinski definition) is 3. The van der Waals surface area contributed by atoms with Crippen molar-refractivity contribution in [1.82, 2.24) is 9.78 Å². The molecule has 0 spiro atoms. The number of rotatable bonds is 3. The van der Waals surface area contributed by atoms with Crippen molar-refractivity contribution in [1.29, 1.82) is 5.26 Å². The summed E-state index contributed by atoms with van der Waals surface area (Å²) in [5, 5.41) is 15.8. The maximum atomic E-state index is 11.8. The van der Waals surface area contributed by atoms with Gasteiger partial charge in [-0.05, 0) is 20.3 Å². The number of carbonyl (C=O) groups excluding carboxylic acids is 1. The number of carbonyl (C=O) groups is 1. The number of anilines is 1. The molecule has 1 rings (SSSR count). The molecule has 0 fully saturated rings. The molecule has 0 saturated heterocycles. The second-order valence-electron chi connectivity index (χ2n) is 4.21. The maximum Gasteiger partial charge on any atom is 0.244 e. The molecule has 1 amide bonds. The fraction of sp³-hybridized carbons (Fsp3) is 0.545. The Hall–Kier alpha value is -1.83. The molecule has 1 heterocycles. The van der Waals surface area contributed by atoms with E-state index < -0.39 is 5.41 Å². The van der Waals surface area contributed by atoms with Gasteiger partial charge in [0.05, 0.1) is 17.5 Å². The number of nitrogens with zero attached hydrogens (tertiary/aromatic N) is 3. The van der Waals surface area contributed by atoms with Gasteiger partial charge in [-0.3, -0.25) is 9.48 Å². The monoisotopic (exact) mass is 220 g/mol. The molecule has 0 radical (unpaired) electrons. The first-order valence-electron chi connectivity index (χ1n) is 5.16. The van der Waals surface area contributed by atoms with Gasteiger partial charge in [-0.2, -0.15) is 10.4 Å². The average Bonchev–Trinajstić information content (AvgIpc) is 2.58. The van der Waals surface area contributed by atoms with Crippen LogP contribution in [0.1, 0.15) is 26.5 Å². The molecule has 0 aliphatic heterocycles. The highest BCUT2D eigenvalue weighted by Gasteiger charge is 2.28. The number of hydrogen-bond donors (Lipinski definition) is 1. The summed E-state index contributed by atoms with van der Waals surface area (Å²) in [5.74, 6) is -0.308. The minimum atomic E-state index is -1.03. The Bertz CT molecular complexity index is 439. The van der Waals surface area contributed by atoms with Gasteiger partial charge < -0.3 is 5.32 Å². The third kappa shape index (κ3) is 2.40. The van der Waals surface area contributed by atoms with Crippen molar-refractivity contribution in [3.05, 3.63) is 11.9 Å². The Morgan fingerprint density at radius 1 is 1.69 bits per heavy atom. The van der Waals surface area contributed by atoms with Gasteiger partial charge in [-0.25, -0.2) is 0 Å². The van der Waals surface area contributed by atoms with Gasteiger partial charge in [0.2, 0.25) is 5.91 Å². The van der Waals surface area contributed by atoms with Gasteiger partial charge in [0.25, 0.3) is 0 Å². The summed E-state index contributed by atoms with van der Waals surface area (Å²) in [6.07, 6.45) is 2.48. The van der Waals surface area contributed by atoms with Crippen molar-refractivity contribution in [2.24, 2.45) is 12.5 Å². The zero-order valence-electron chi connectivity index (χ0n) is 10.0. The van der Waals surface area contributed by atoms with Crippen molar-refractivity contribution < 1.29 is 4.79 Å². The van der Waals surface area contributed by atoms with Crippen LogP contribution in [0, 0.1) is 16.7 Å². The number of nitrogens with one attached hydrogen (secondary N) is 1. The van der Waals surface area contributed by atoms with Gasteiger partial charge in [-0.1, -0.05) is 6.92 Å². The molecule has 1 aromatic rings. The number of aryl methyl sites for hydroxylation is 2. The standard InChI is InChI=1S/C11H16N4O/c1-5-8-9(6-15(4)14-8)13-10(16)11(2,3)7-12/h6H,5H2,1-4H3,(H,13,16). The van der Waals surface area contributed by atoms with E-state index >= 15 is 0 Å². The minimum Gasteiger partial charge on any atom is -0.322 e. The largest absolute Gasteiger partial charge is 0.322 e. The summed E-state index contributed by atoms with van der Waals surface area (Å²) in [6.45, 7) is 5.14. The Morgan fingerprint density at radius 3 is 2.81 bits per heavy atom. The lowest BCUT2D eigenvalue weighted by Crippen LogP contribution is -2.29. The van der Waals surface area contributed by atoms with Gasteiger partial charge in [0, 0.05) is 13.2 Å². The summed E-state index contributed by atoms with van der Waals surface area (Å²) >= 11 is 0. The second kappa shape index (κ2) is 4.35. The first-order valence-corrected chi connectivity index (χ1v) is 5.16. The first-order chi connectivity index (χ1) is 7.40. The number of nitriles is 1. The quantitative estimate of drug-likeness (QED) is 0.838. The molecular weight excluding hydrogens is 204 g/mol. The van der Waals surface area contributed by atoms with E-state index in [1.807, 2.05) is 13.0 Å². The van der Waals surface area contributed by atoms with E-state index in [0.717, 1.165) is 12.1 Å². The van der Waals surface area contributed by atoms with Crippen LogP contribution in [0.15, 0.2) is 6.20 Å². The Labute approximate surface area is 95.1 Å². The highest BCUT2D eigenvalue weighted by atomic mass is 16.2. The van der Waals surface area contributed by atoms with Crippen molar-refractivity contribution in [2.75, 3.05) is 5.32 Å². The van der Waals surface area contributed by atoms with Crippen LogP contribution in [-0.4, -0.2) is 15.7 Å². The molecule has 0 aliphatic carbocycles. The van der Waals surface area contributed by atoms with E-state index in [2.05, 4.69) is 10.4 Å². The Morgan fingerprint density at radius 2 is 2.31 bits per heavy atom. The summed E-state index contributed by atoms with van der Waals surface area (Å²) in [5.41, 5.74) is 0.476. The van der Waals surface area contributed by atoms with Crippen LogP contribution in [0.25, 0.3) is 0 Å². The number of aromatic nitrogens is 2. The van der Waals surface area contributed by atoms with E-state index in [1.165, 1.54) is 0 Å². The van der Waals surface area contributed by atoms with Crippen molar-refractivity contribution >= 4 is 11.6 Å². The van der Waals surface area contributed by atoms with Crippen molar-refractivity contribution in [3.8, 4) is 6.07 Å².